The lowest BCUT2D eigenvalue weighted by Gasteiger charge is -2.27. The summed E-state index contributed by atoms with van der Waals surface area (Å²) in [6.07, 6.45) is 3.36. The summed E-state index contributed by atoms with van der Waals surface area (Å²) >= 11 is 3.39. The number of nitrogens with zero attached hydrogens (tertiary/aromatic N) is 1. The van der Waals surface area contributed by atoms with Crippen LogP contribution in [0.25, 0.3) is 0 Å². The van der Waals surface area contributed by atoms with Crippen LogP contribution in [0.15, 0.2) is 18.2 Å². The largest absolute Gasteiger partial charge is 0.384 e. The number of hydrogen-bond donors (Lipinski definition) is 2. The van der Waals surface area contributed by atoms with Gasteiger partial charge in [0.2, 0.25) is 11.8 Å². The minimum Gasteiger partial charge on any atom is -0.384 e. The molecule has 1 saturated heterocycles. The molecule has 2 heterocycles. The Hall–Kier alpha value is -2.22. The first-order valence-corrected chi connectivity index (χ1v) is 9.81. The predicted octanol–water partition coefficient (Wildman–Crippen LogP) is 2.06. The van der Waals surface area contributed by atoms with E-state index < -0.39 is 23.8 Å². The Morgan fingerprint density at radius 1 is 1.12 bits per heavy atom. The molecule has 8 heteroatoms. The topological polar surface area (TPSA) is 95.6 Å². The number of benzene rings is 1. The minimum absolute atomic E-state index is 0.114. The van der Waals surface area contributed by atoms with Gasteiger partial charge in [0.15, 0.2) is 0 Å². The molecule has 2 aliphatic heterocycles. The molecule has 0 spiro atoms. The highest BCUT2D eigenvalue weighted by Crippen LogP contribution is 2.32. The Labute approximate surface area is 159 Å². The van der Waals surface area contributed by atoms with E-state index in [0.29, 0.717) is 23.4 Å². The SMILES string of the molecule is O=C1CCC(N2C(=O)c3cccc(NCCCCCBr)c3C2=O)C(=O)N1. The maximum Gasteiger partial charge on any atom is 0.264 e. The molecule has 0 aliphatic carbocycles. The van der Waals surface area contributed by atoms with Gasteiger partial charge in [-0.1, -0.05) is 28.4 Å². The van der Waals surface area contributed by atoms with Crippen LogP contribution in [-0.2, 0) is 9.59 Å². The van der Waals surface area contributed by atoms with Gasteiger partial charge in [0.1, 0.15) is 6.04 Å². The van der Waals surface area contributed by atoms with Crippen molar-refractivity contribution in [1.82, 2.24) is 10.2 Å². The summed E-state index contributed by atoms with van der Waals surface area (Å²) in [6, 6.07) is 4.14. The van der Waals surface area contributed by atoms with Gasteiger partial charge >= 0.3 is 0 Å². The molecule has 0 aromatic heterocycles. The number of unbranched alkanes of at least 4 members (excludes halogenated alkanes) is 2. The predicted molar refractivity (Wildman–Crippen MR) is 99.2 cm³/mol. The third-order valence-electron chi connectivity index (χ3n) is 4.59. The number of anilines is 1. The summed E-state index contributed by atoms with van der Waals surface area (Å²) in [5, 5.41) is 6.39. The van der Waals surface area contributed by atoms with E-state index in [1.807, 2.05) is 0 Å². The van der Waals surface area contributed by atoms with E-state index >= 15 is 0 Å². The van der Waals surface area contributed by atoms with E-state index in [1.54, 1.807) is 18.2 Å². The van der Waals surface area contributed by atoms with Gasteiger partial charge in [-0.25, -0.2) is 0 Å². The Bertz CT molecular complexity index is 765. The molecular weight excluding hydrogens is 402 g/mol. The van der Waals surface area contributed by atoms with Crippen molar-refractivity contribution in [2.75, 3.05) is 17.2 Å². The fourth-order valence-corrected chi connectivity index (χ4v) is 3.68. The minimum atomic E-state index is -0.938. The monoisotopic (exact) mass is 421 g/mol. The summed E-state index contributed by atoms with van der Waals surface area (Å²) < 4.78 is 0. The molecule has 1 aromatic rings. The second-order valence-corrected chi connectivity index (χ2v) is 7.14. The highest BCUT2D eigenvalue weighted by atomic mass is 79.9. The van der Waals surface area contributed by atoms with Crippen LogP contribution >= 0.6 is 15.9 Å². The van der Waals surface area contributed by atoms with Gasteiger partial charge in [0.05, 0.1) is 11.1 Å². The fraction of sp³-hybridized carbons (Fsp3) is 0.444. The summed E-state index contributed by atoms with van der Waals surface area (Å²) in [5.41, 5.74) is 1.21. The number of rotatable bonds is 7. The molecule has 1 atom stereocenters. The molecule has 1 fully saturated rings. The molecule has 26 heavy (non-hydrogen) atoms. The van der Waals surface area contributed by atoms with Gasteiger partial charge in [-0.05, 0) is 31.4 Å². The molecule has 138 valence electrons. The highest BCUT2D eigenvalue weighted by molar-refractivity contribution is 9.09. The zero-order valence-electron chi connectivity index (χ0n) is 14.2. The van der Waals surface area contributed by atoms with Crippen LogP contribution in [-0.4, -0.2) is 46.4 Å². The third kappa shape index (κ3) is 3.51. The van der Waals surface area contributed by atoms with Crippen LogP contribution in [0.1, 0.15) is 52.8 Å². The lowest BCUT2D eigenvalue weighted by molar-refractivity contribution is -0.136. The second kappa shape index (κ2) is 7.99. The van der Waals surface area contributed by atoms with Crippen LogP contribution in [0.4, 0.5) is 5.69 Å². The van der Waals surface area contributed by atoms with Gasteiger partial charge in [0.25, 0.3) is 11.8 Å². The summed E-state index contributed by atoms with van der Waals surface area (Å²) in [7, 11) is 0. The van der Waals surface area contributed by atoms with Gasteiger partial charge in [-0.15, -0.1) is 0 Å². The van der Waals surface area contributed by atoms with Crippen molar-refractivity contribution in [3.8, 4) is 0 Å². The highest BCUT2D eigenvalue weighted by Gasteiger charge is 2.45. The first-order valence-electron chi connectivity index (χ1n) is 8.69. The number of alkyl halides is 1. The molecule has 2 N–H and O–H groups in total. The fourth-order valence-electron chi connectivity index (χ4n) is 3.28. The van der Waals surface area contributed by atoms with Crippen molar-refractivity contribution >= 4 is 45.2 Å². The van der Waals surface area contributed by atoms with Gasteiger partial charge in [-0.2, -0.15) is 0 Å². The Morgan fingerprint density at radius 2 is 1.92 bits per heavy atom. The van der Waals surface area contributed by atoms with E-state index in [4.69, 9.17) is 0 Å². The lowest BCUT2D eigenvalue weighted by atomic mass is 10.0. The molecule has 0 saturated carbocycles. The average Bonchev–Trinajstić information content (AvgIpc) is 2.87. The van der Waals surface area contributed by atoms with Crippen molar-refractivity contribution < 1.29 is 19.2 Å². The van der Waals surface area contributed by atoms with Crippen LogP contribution in [0, 0.1) is 0 Å². The van der Waals surface area contributed by atoms with Crippen molar-refractivity contribution in [3.05, 3.63) is 29.3 Å². The van der Waals surface area contributed by atoms with E-state index in [1.165, 1.54) is 0 Å². The summed E-state index contributed by atoms with van der Waals surface area (Å²) in [6.45, 7) is 0.698. The molecule has 2 aliphatic rings. The number of piperidine rings is 1. The Morgan fingerprint density at radius 3 is 2.65 bits per heavy atom. The normalized spacial score (nSPS) is 19.6. The molecule has 1 aromatic carbocycles. The zero-order chi connectivity index (χ0) is 18.7. The number of nitrogens with one attached hydrogen (secondary N) is 2. The maximum atomic E-state index is 12.9. The van der Waals surface area contributed by atoms with Crippen LogP contribution in [0.2, 0.25) is 0 Å². The lowest BCUT2D eigenvalue weighted by Crippen LogP contribution is -2.54. The van der Waals surface area contributed by atoms with Gasteiger partial charge in [-0.3, -0.25) is 29.4 Å². The van der Waals surface area contributed by atoms with E-state index in [0.717, 1.165) is 29.5 Å². The quantitative estimate of drug-likeness (QED) is 0.399. The van der Waals surface area contributed by atoms with E-state index in [2.05, 4.69) is 26.6 Å². The zero-order valence-corrected chi connectivity index (χ0v) is 15.8. The van der Waals surface area contributed by atoms with Crippen LogP contribution in [0.5, 0.6) is 0 Å². The Balaban J connectivity index is 1.78. The standard InChI is InChI=1S/C18H20BrN3O4/c19-9-2-1-3-10-20-12-6-4-5-11-15(12)18(26)22(17(11)25)13-7-8-14(23)21-16(13)24/h4-6,13,20H,1-3,7-10H2,(H,21,23,24). The molecule has 7 nitrogen and oxygen atoms in total. The van der Waals surface area contributed by atoms with Crippen LogP contribution < -0.4 is 10.6 Å². The Kier molecular flexibility index (Phi) is 5.70. The van der Waals surface area contributed by atoms with Crippen LogP contribution in [0.3, 0.4) is 0 Å². The van der Waals surface area contributed by atoms with Gasteiger partial charge in [0, 0.05) is 24.0 Å². The molecule has 1 unspecified atom stereocenters. The first-order chi connectivity index (χ1) is 12.5. The second-order valence-electron chi connectivity index (χ2n) is 6.35. The number of imide groups is 2. The maximum absolute atomic E-state index is 12.9. The number of carbonyl (C=O) groups excluding carboxylic acids is 4. The van der Waals surface area contributed by atoms with Crippen molar-refractivity contribution in [1.29, 1.82) is 0 Å². The number of fused-ring (bicyclic) bond motifs is 1. The van der Waals surface area contributed by atoms with Crippen molar-refractivity contribution in [2.24, 2.45) is 0 Å². The van der Waals surface area contributed by atoms with E-state index in [9.17, 15) is 19.2 Å². The third-order valence-corrected chi connectivity index (χ3v) is 5.15. The van der Waals surface area contributed by atoms with Gasteiger partial charge < -0.3 is 5.32 Å². The van der Waals surface area contributed by atoms with Crippen molar-refractivity contribution in [2.45, 2.75) is 38.1 Å². The summed E-state index contributed by atoms with van der Waals surface area (Å²) in [4.78, 5) is 50.0. The number of amides is 4. The molecule has 4 amide bonds. The molecular formula is C18H20BrN3O4. The van der Waals surface area contributed by atoms with Crippen molar-refractivity contribution in [3.63, 3.8) is 0 Å². The molecule has 0 bridgehead atoms. The smallest absolute Gasteiger partial charge is 0.264 e. The number of hydrogen-bond acceptors (Lipinski definition) is 5. The summed E-state index contributed by atoms with van der Waals surface area (Å²) in [5.74, 6) is -1.95. The number of carbonyl (C=O) groups is 4. The molecule has 0 radical (unpaired) electrons. The number of halogens is 1. The average molecular weight is 422 g/mol. The molecule has 3 rings (SSSR count). The van der Waals surface area contributed by atoms with E-state index in [-0.39, 0.29) is 18.7 Å². The first kappa shape index (κ1) is 18.6.